The molecular weight excluding hydrogens is 281 g/mol. The van der Waals surface area contributed by atoms with E-state index < -0.39 is 11.7 Å². The maximum Gasteiger partial charge on any atom is 0.417 e. The lowest BCUT2D eigenvalue weighted by Crippen LogP contribution is -2.18. The summed E-state index contributed by atoms with van der Waals surface area (Å²) in [5, 5.41) is 2.92. The molecule has 3 N–H and O–H groups in total. The molecule has 0 aliphatic carbocycles. The molecule has 0 aromatic heterocycles. The Bertz CT molecular complexity index is 433. The quantitative estimate of drug-likeness (QED) is 0.646. The van der Waals surface area contributed by atoms with Crippen LogP contribution in [0.2, 0.25) is 0 Å². The van der Waals surface area contributed by atoms with Crippen molar-refractivity contribution in [1.82, 2.24) is 0 Å². The van der Waals surface area contributed by atoms with E-state index >= 15 is 0 Å². The Labute approximate surface area is 113 Å². The summed E-state index contributed by atoms with van der Waals surface area (Å²) in [6.45, 7) is 0.602. The van der Waals surface area contributed by atoms with Gasteiger partial charge in [0.1, 0.15) is 4.99 Å². The van der Waals surface area contributed by atoms with Gasteiger partial charge in [0, 0.05) is 23.5 Å². The van der Waals surface area contributed by atoms with Crippen molar-refractivity contribution in [2.24, 2.45) is 5.73 Å². The van der Waals surface area contributed by atoms with Gasteiger partial charge in [-0.2, -0.15) is 24.9 Å². The number of benzene rings is 1. The Morgan fingerprint density at radius 3 is 2.61 bits per heavy atom. The third kappa shape index (κ3) is 4.06. The molecule has 0 amide bonds. The van der Waals surface area contributed by atoms with Gasteiger partial charge in [-0.1, -0.05) is 12.2 Å². The highest BCUT2D eigenvalue weighted by molar-refractivity contribution is 7.98. The van der Waals surface area contributed by atoms with Crippen LogP contribution in [0.25, 0.3) is 0 Å². The molecule has 0 aliphatic rings. The molecule has 1 aromatic rings. The van der Waals surface area contributed by atoms with Crippen LogP contribution < -0.4 is 11.1 Å². The lowest BCUT2D eigenvalue weighted by atomic mass is 10.1. The van der Waals surface area contributed by atoms with Crippen LogP contribution >= 0.6 is 24.0 Å². The molecule has 2 nitrogen and oxygen atoms in total. The largest absolute Gasteiger partial charge is 0.417 e. The second-order valence-electron chi connectivity index (χ2n) is 3.54. The summed E-state index contributed by atoms with van der Waals surface area (Å²) in [7, 11) is 0. The summed E-state index contributed by atoms with van der Waals surface area (Å²) in [6.07, 6.45) is -2.53. The molecular formula is C11H13F3N2S2. The molecule has 0 heterocycles. The van der Waals surface area contributed by atoms with Gasteiger partial charge >= 0.3 is 6.18 Å². The van der Waals surface area contributed by atoms with Gasteiger partial charge in [0.2, 0.25) is 0 Å². The monoisotopic (exact) mass is 294 g/mol. The summed E-state index contributed by atoms with van der Waals surface area (Å²) in [6, 6.07) is 3.88. The highest BCUT2D eigenvalue weighted by Gasteiger charge is 2.34. The summed E-state index contributed by atoms with van der Waals surface area (Å²) in [5.41, 5.74) is 4.76. The Kier molecular flexibility index (Phi) is 5.28. The van der Waals surface area contributed by atoms with Crippen LogP contribution in [0.5, 0.6) is 0 Å². The number of thioether (sulfide) groups is 1. The smallest absolute Gasteiger partial charge is 0.389 e. The first-order chi connectivity index (χ1) is 8.36. The van der Waals surface area contributed by atoms with Crippen molar-refractivity contribution >= 4 is 34.7 Å². The second-order valence-corrected chi connectivity index (χ2v) is 4.97. The predicted molar refractivity (Wildman–Crippen MR) is 74.2 cm³/mol. The molecule has 18 heavy (non-hydrogen) atoms. The Morgan fingerprint density at radius 1 is 1.44 bits per heavy atom. The SMILES string of the molecule is CSCCNc1ccc(C(N)=S)c(C(F)(F)F)c1. The number of hydrogen-bond acceptors (Lipinski definition) is 3. The molecule has 0 spiro atoms. The van der Waals surface area contributed by atoms with Gasteiger partial charge < -0.3 is 11.1 Å². The first-order valence-corrected chi connectivity index (χ1v) is 6.90. The first-order valence-electron chi connectivity index (χ1n) is 5.10. The number of hydrogen-bond donors (Lipinski definition) is 2. The zero-order valence-electron chi connectivity index (χ0n) is 9.67. The molecule has 1 rings (SSSR count). The van der Waals surface area contributed by atoms with Crippen LogP contribution in [-0.2, 0) is 6.18 Å². The minimum Gasteiger partial charge on any atom is -0.389 e. The predicted octanol–water partition coefficient (Wildman–Crippen LogP) is 3.11. The van der Waals surface area contributed by atoms with E-state index in [1.54, 1.807) is 17.8 Å². The van der Waals surface area contributed by atoms with E-state index in [4.69, 9.17) is 5.73 Å². The minimum absolute atomic E-state index is 0.145. The van der Waals surface area contributed by atoms with E-state index in [2.05, 4.69) is 17.5 Å². The standard InChI is InChI=1S/C11H13F3N2S2/c1-18-5-4-16-7-2-3-8(10(15)17)9(6-7)11(12,13)14/h2-3,6,16H,4-5H2,1H3,(H2,15,17). The van der Waals surface area contributed by atoms with Gasteiger partial charge in [-0.15, -0.1) is 0 Å². The van der Waals surface area contributed by atoms with Crippen LogP contribution in [0.3, 0.4) is 0 Å². The number of anilines is 1. The van der Waals surface area contributed by atoms with Crippen LogP contribution in [0.1, 0.15) is 11.1 Å². The molecule has 0 saturated carbocycles. The third-order valence-corrected chi connectivity index (χ3v) is 3.06. The molecule has 0 bridgehead atoms. The summed E-state index contributed by atoms with van der Waals surface area (Å²) in [4.78, 5) is -0.252. The number of nitrogens with two attached hydrogens (primary N) is 1. The Morgan fingerprint density at radius 2 is 2.11 bits per heavy atom. The van der Waals surface area contributed by atoms with Gasteiger partial charge in [0.15, 0.2) is 0 Å². The van der Waals surface area contributed by atoms with Crippen LogP contribution in [0, 0.1) is 0 Å². The highest BCUT2D eigenvalue weighted by atomic mass is 32.2. The molecule has 0 radical (unpaired) electrons. The third-order valence-electron chi connectivity index (χ3n) is 2.23. The van der Waals surface area contributed by atoms with Crippen LogP contribution in [0.15, 0.2) is 18.2 Å². The van der Waals surface area contributed by atoms with Gasteiger partial charge in [-0.05, 0) is 24.5 Å². The van der Waals surface area contributed by atoms with Crippen molar-refractivity contribution in [3.05, 3.63) is 29.3 Å². The van der Waals surface area contributed by atoms with Crippen LogP contribution in [0.4, 0.5) is 18.9 Å². The van der Waals surface area contributed by atoms with E-state index in [9.17, 15) is 13.2 Å². The molecule has 0 aliphatic heterocycles. The molecule has 0 fully saturated rings. The number of alkyl halides is 3. The van der Waals surface area contributed by atoms with Gasteiger partial charge in [0.25, 0.3) is 0 Å². The number of nitrogens with one attached hydrogen (secondary N) is 1. The zero-order chi connectivity index (χ0) is 13.8. The van der Waals surface area contributed by atoms with E-state index in [0.717, 1.165) is 11.8 Å². The molecule has 100 valence electrons. The summed E-state index contributed by atoms with van der Waals surface area (Å²) in [5.74, 6) is 0.818. The molecule has 0 saturated heterocycles. The average Bonchev–Trinajstić information content (AvgIpc) is 2.28. The molecule has 7 heteroatoms. The van der Waals surface area contributed by atoms with Gasteiger partial charge in [-0.25, -0.2) is 0 Å². The number of rotatable bonds is 5. The minimum atomic E-state index is -4.46. The fraction of sp³-hybridized carbons (Fsp3) is 0.364. The average molecular weight is 294 g/mol. The fourth-order valence-electron chi connectivity index (χ4n) is 1.40. The van der Waals surface area contributed by atoms with Gasteiger partial charge in [-0.3, -0.25) is 0 Å². The topological polar surface area (TPSA) is 38.0 Å². The van der Waals surface area contributed by atoms with E-state index in [0.29, 0.717) is 12.2 Å². The van der Waals surface area contributed by atoms with Crippen molar-refractivity contribution in [2.45, 2.75) is 6.18 Å². The highest BCUT2D eigenvalue weighted by Crippen LogP contribution is 2.33. The van der Waals surface area contributed by atoms with Gasteiger partial charge in [0.05, 0.1) is 5.56 Å². The lowest BCUT2D eigenvalue weighted by molar-refractivity contribution is -0.137. The lowest BCUT2D eigenvalue weighted by Gasteiger charge is -2.14. The fourth-order valence-corrected chi connectivity index (χ4v) is 1.89. The van der Waals surface area contributed by atoms with Crippen molar-refractivity contribution < 1.29 is 13.2 Å². The van der Waals surface area contributed by atoms with E-state index in [1.165, 1.54) is 6.07 Å². The van der Waals surface area contributed by atoms with Crippen molar-refractivity contribution in [1.29, 1.82) is 0 Å². The summed E-state index contributed by atoms with van der Waals surface area (Å²) >= 11 is 6.24. The Hall–Kier alpha value is -0.950. The van der Waals surface area contributed by atoms with E-state index in [-0.39, 0.29) is 10.6 Å². The van der Waals surface area contributed by atoms with E-state index in [1.807, 2.05) is 6.26 Å². The maximum absolute atomic E-state index is 12.8. The van der Waals surface area contributed by atoms with Crippen molar-refractivity contribution in [3.63, 3.8) is 0 Å². The maximum atomic E-state index is 12.8. The first kappa shape index (κ1) is 15.1. The zero-order valence-corrected chi connectivity index (χ0v) is 11.3. The Balaban J connectivity index is 3.02. The van der Waals surface area contributed by atoms with Crippen molar-refractivity contribution in [2.75, 3.05) is 23.9 Å². The normalized spacial score (nSPS) is 11.3. The second kappa shape index (κ2) is 6.29. The number of halogens is 3. The number of thiocarbonyl (C=S) groups is 1. The van der Waals surface area contributed by atoms with Crippen LogP contribution in [-0.4, -0.2) is 23.5 Å². The van der Waals surface area contributed by atoms with Crippen molar-refractivity contribution in [3.8, 4) is 0 Å². The molecule has 0 atom stereocenters. The molecule has 0 unspecified atom stereocenters. The summed E-state index contributed by atoms with van der Waals surface area (Å²) < 4.78 is 38.5. The molecule has 1 aromatic carbocycles.